The highest BCUT2D eigenvalue weighted by Crippen LogP contribution is 2.46. The number of anilines is 2. The van der Waals surface area contributed by atoms with E-state index in [1.165, 1.54) is 22.3 Å². The Hall–Kier alpha value is -2.87. The van der Waals surface area contributed by atoms with Gasteiger partial charge in [0.25, 0.3) is 0 Å². The number of hydrogen-bond donors (Lipinski definition) is 1. The van der Waals surface area contributed by atoms with Gasteiger partial charge in [-0.3, -0.25) is 0 Å². The number of fused-ring (bicyclic) bond motifs is 1. The lowest BCUT2D eigenvalue weighted by atomic mass is 9.79. The number of para-hydroxylation sites is 1. The zero-order chi connectivity index (χ0) is 23.3. The van der Waals surface area contributed by atoms with Crippen LogP contribution in [0, 0.1) is 0 Å². The molecule has 0 fully saturated rings. The minimum absolute atomic E-state index is 0.0803. The Labute approximate surface area is 193 Å². The van der Waals surface area contributed by atoms with Crippen LogP contribution in [-0.4, -0.2) is 5.71 Å². The van der Waals surface area contributed by atoms with Gasteiger partial charge in [0.1, 0.15) is 0 Å². The Bertz CT molecular complexity index is 1140. The first-order chi connectivity index (χ1) is 14.9. The number of benzene rings is 3. The molecule has 3 aromatic rings. The molecule has 1 aliphatic rings. The highest BCUT2D eigenvalue weighted by molar-refractivity contribution is 6.13. The number of nitrogens with zero attached hydrogens (tertiary/aromatic N) is 1. The molecule has 0 aliphatic carbocycles. The van der Waals surface area contributed by atoms with Gasteiger partial charge in [0.05, 0.1) is 17.1 Å². The zero-order valence-corrected chi connectivity index (χ0v) is 20.8. The van der Waals surface area contributed by atoms with E-state index >= 15 is 0 Å². The third kappa shape index (κ3) is 4.11. The van der Waals surface area contributed by atoms with Gasteiger partial charge in [-0.05, 0) is 51.3 Å². The SMILES string of the molecule is CC(C)(C)c1cc(Nc2cccc3c2N=C(c2ccccc2)C3(C)C)cc(C(C)(C)C)c1. The first-order valence-electron chi connectivity index (χ1n) is 11.6. The summed E-state index contributed by atoms with van der Waals surface area (Å²) in [4.78, 5) is 5.17. The van der Waals surface area contributed by atoms with Crippen LogP contribution < -0.4 is 5.32 Å². The molecule has 2 heteroatoms. The smallest absolute Gasteiger partial charge is 0.0909 e. The van der Waals surface area contributed by atoms with Crippen molar-refractivity contribution >= 4 is 22.8 Å². The van der Waals surface area contributed by atoms with Crippen molar-refractivity contribution in [1.29, 1.82) is 0 Å². The molecule has 0 saturated carbocycles. The first-order valence-corrected chi connectivity index (χ1v) is 11.6. The monoisotopic (exact) mass is 424 g/mol. The minimum atomic E-state index is -0.141. The Morgan fingerprint density at radius 2 is 1.31 bits per heavy atom. The predicted octanol–water partition coefficient (Wildman–Crippen LogP) is 8.44. The van der Waals surface area contributed by atoms with Crippen LogP contribution in [0.1, 0.15) is 77.6 Å². The van der Waals surface area contributed by atoms with E-state index in [0.29, 0.717) is 0 Å². The van der Waals surface area contributed by atoms with Gasteiger partial charge in [0.2, 0.25) is 0 Å². The molecule has 4 rings (SSSR count). The lowest BCUT2D eigenvalue weighted by Gasteiger charge is -2.26. The number of nitrogens with one attached hydrogen (secondary N) is 1. The van der Waals surface area contributed by atoms with Crippen molar-refractivity contribution in [3.63, 3.8) is 0 Å². The maximum absolute atomic E-state index is 5.17. The topological polar surface area (TPSA) is 24.4 Å². The fraction of sp³-hybridized carbons (Fsp3) is 0.367. The van der Waals surface area contributed by atoms with Crippen LogP contribution in [0.4, 0.5) is 17.1 Å². The van der Waals surface area contributed by atoms with Gasteiger partial charge in [0, 0.05) is 11.1 Å². The van der Waals surface area contributed by atoms with Gasteiger partial charge in [-0.1, -0.05) is 104 Å². The summed E-state index contributed by atoms with van der Waals surface area (Å²) < 4.78 is 0. The van der Waals surface area contributed by atoms with Crippen LogP contribution in [0.3, 0.4) is 0 Å². The van der Waals surface area contributed by atoms with Crippen molar-refractivity contribution in [2.45, 2.75) is 71.6 Å². The molecule has 1 heterocycles. The molecule has 0 amide bonds. The molecular formula is C30H36N2. The molecule has 0 aromatic heterocycles. The van der Waals surface area contributed by atoms with E-state index in [1.807, 2.05) is 0 Å². The van der Waals surface area contributed by atoms with E-state index < -0.39 is 0 Å². The summed E-state index contributed by atoms with van der Waals surface area (Å²) in [7, 11) is 0. The van der Waals surface area contributed by atoms with Crippen LogP contribution >= 0.6 is 0 Å². The summed E-state index contributed by atoms with van der Waals surface area (Å²) in [6, 6.07) is 24.0. The maximum atomic E-state index is 5.17. The molecule has 3 aromatic carbocycles. The highest BCUT2D eigenvalue weighted by Gasteiger charge is 2.36. The number of aliphatic imine (C=N–C) groups is 1. The summed E-state index contributed by atoms with van der Waals surface area (Å²) in [5.74, 6) is 0. The third-order valence-electron chi connectivity index (χ3n) is 6.52. The van der Waals surface area contributed by atoms with Gasteiger partial charge in [0.15, 0.2) is 0 Å². The second-order valence-electron chi connectivity index (χ2n) is 11.6. The molecule has 0 radical (unpaired) electrons. The molecule has 2 nitrogen and oxygen atoms in total. The zero-order valence-electron chi connectivity index (χ0n) is 20.8. The van der Waals surface area contributed by atoms with Crippen molar-refractivity contribution in [2.24, 2.45) is 4.99 Å². The lowest BCUT2D eigenvalue weighted by molar-refractivity contribution is 0.569. The van der Waals surface area contributed by atoms with Crippen molar-refractivity contribution < 1.29 is 0 Å². The van der Waals surface area contributed by atoms with Crippen LogP contribution in [0.15, 0.2) is 71.7 Å². The Balaban J connectivity index is 1.81. The summed E-state index contributed by atoms with van der Waals surface area (Å²) in [6.07, 6.45) is 0. The Morgan fingerprint density at radius 3 is 1.88 bits per heavy atom. The fourth-order valence-corrected chi connectivity index (χ4v) is 4.39. The lowest BCUT2D eigenvalue weighted by Crippen LogP contribution is -2.26. The van der Waals surface area contributed by atoms with Crippen LogP contribution in [0.2, 0.25) is 0 Å². The molecule has 1 N–H and O–H groups in total. The molecule has 1 aliphatic heterocycles. The van der Waals surface area contributed by atoms with E-state index in [4.69, 9.17) is 4.99 Å². The van der Waals surface area contributed by atoms with Crippen molar-refractivity contribution in [2.75, 3.05) is 5.32 Å². The Morgan fingerprint density at radius 1 is 0.719 bits per heavy atom. The third-order valence-corrected chi connectivity index (χ3v) is 6.52. The highest BCUT2D eigenvalue weighted by atomic mass is 14.9. The first kappa shape index (κ1) is 22.3. The molecule has 32 heavy (non-hydrogen) atoms. The summed E-state index contributed by atoms with van der Waals surface area (Å²) in [5, 5.41) is 3.73. The Kier molecular flexibility index (Phi) is 5.32. The quantitative estimate of drug-likeness (QED) is 0.448. The van der Waals surface area contributed by atoms with Crippen LogP contribution in [0.5, 0.6) is 0 Å². The average molecular weight is 425 g/mol. The standard InChI is InChI=1S/C30H36N2/c1-28(2,3)21-17-22(29(4,5)6)19-23(18-21)31-25-16-12-15-24-26(25)32-27(30(24,7)8)20-13-10-9-11-14-20/h9-19,31H,1-8H3. The molecule has 0 spiro atoms. The summed E-state index contributed by atoms with van der Waals surface area (Å²) in [5.41, 5.74) is 9.52. The molecule has 0 unspecified atom stereocenters. The van der Waals surface area contributed by atoms with E-state index in [0.717, 1.165) is 22.8 Å². The van der Waals surface area contributed by atoms with Gasteiger partial charge in [-0.2, -0.15) is 0 Å². The maximum Gasteiger partial charge on any atom is 0.0909 e. The van der Waals surface area contributed by atoms with Crippen molar-refractivity contribution in [1.82, 2.24) is 0 Å². The van der Waals surface area contributed by atoms with Crippen LogP contribution in [0.25, 0.3) is 0 Å². The van der Waals surface area contributed by atoms with Gasteiger partial charge >= 0.3 is 0 Å². The van der Waals surface area contributed by atoms with Gasteiger partial charge in [-0.25, -0.2) is 4.99 Å². The van der Waals surface area contributed by atoms with Crippen LogP contribution in [-0.2, 0) is 16.2 Å². The number of hydrogen-bond acceptors (Lipinski definition) is 2. The second kappa shape index (κ2) is 7.62. The predicted molar refractivity (Wildman–Crippen MR) is 139 cm³/mol. The van der Waals surface area contributed by atoms with Gasteiger partial charge < -0.3 is 5.32 Å². The second-order valence-corrected chi connectivity index (χ2v) is 11.6. The fourth-order valence-electron chi connectivity index (χ4n) is 4.39. The molecule has 166 valence electrons. The van der Waals surface area contributed by atoms with Crippen molar-refractivity contribution in [3.8, 4) is 0 Å². The normalized spacial score (nSPS) is 15.3. The molecular weight excluding hydrogens is 388 g/mol. The van der Waals surface area contributed by atoms with E-state index in [2.05, 4.69) is 127 Å². The molecule has 0 bridgehead atoms. The molecule has 0 saturated heterocycles. The summed E-state index contributed by atoms with van der Waals surface area (Å²) >= 11 is 0. The van der Waals surface area contributed by atoms with E-state index in [9.17, 15) is 0 Å². The molecule has 0 atom stereocenters. The van der Waals surface area contributed by atoms with E-state index in [1.54, 1.807) is 0 Å². The number of rotatable bonds is 3. The summed E-state index contributed by atoms with van der Waals surface area (Å²) in [6.45, 7) is 18.2. The van der Waals surface area contributed by atoms with Crippen molar-refractivity contribution in [3.05, 3.63) is 89.0 Å². The average Bonchev–Trinajstić information content (AvgIpc) is 2.99. The minimum Gasteiger partial charge on any atom is -0.354 e. The van der Waals surface area contributed by atoms with Gasteiger partial charge in [-0.15, -0.1) is 0 Å². The largest absolute Gasteiger partial charge is 0.354 e. The van der Waals surface area contributed by atoms with E-state index in [-0.39, 0.29) is 16.2 Å².